The van der Waals surface area contributed by atoms with Gasteiger partial charge in [-0.05, 0) is 37.8 Å². The van der Waals surface area contributed by atoms with Gasteiger partial charge in [0.25, 0.3) is 5.91 Å². The highest BCUT2D eigenvalue weighted by Crippen LogP contribution is 2.20. The second-order valence-corrected chi connectivity index (χ2v) is 4.73. The molecule has 0 saturated carbocycles. The number of piperidine rings is 1. The van der Waals surface area contributed by atoms with Crippen LogP contribution in [0.4, 0.5) is 0 Å². The first-order valence-electron chi connectivity index (χ1n) is 6.13. The zero-order valence-corrected chi connectivity index (χ0v) is 12.6. The fourth-order valence-corrected chi connectivity index (χ4v) is 2.30. The predicted molar refractivity (Wildman–Crippen MR) is 81.0 cm³/mol. The topological polar surface area (TPSA) is 59.2 Å². The van der Waals surface area contributed by atoms with E-state index in [9.17, 15) is 4.79 Å². The van der Waals surface area contributed by atoms with Crippen molar-refractivity contribution >= 4 is 30.7 Å². The van der Waals surface area contributed by atoms with Gasteiger partial charge in [0, 0.05) is 31.5 Å². The molecule has 1 aromatic heterocycles. The highest BCUT2D eigenvalue weighted by Gasteiger charge is 2.25. The maximum absolute atomic E-state index is 12.1. The molecule has 0 radical (unpaired) electrons. The summed E-state index contributed by atoms with van der Waals surface area (Å²) in [5.41, 5.74) is 6.56. The van der Waals surface area contributed by atoms with Gasteiger partial charge in [-0.1, -0.05) is 0 Å². The largest absolute Gasteiger partial charge is 0.339 e. The monoisotopic (exact) mass is 305 g/mol. The van der Waals surface area contributed by atoms with Crippen LogP contribution in [-0.4, -0.2) is 34.9 Å². The normalized spacial score (nSPS) is 17.1. The minimum absolute atomic E-state index is 0. The molecule has 0 spiro atoms. The second-order valence-electron chi connectivity index (χ2n) is 4.73. The molecule has 1 amide bonds. The average molecular weight is 306 g/mol. The number of carbonyl (C=O) groups is 1. The lowest BCUT2D eigenvalue weighted by atomic mass is 9.91. The Labute approximate surface area is 126 Å². The van der Waals surface area contributed by atoms with Crippen LogP contribution in [0, 0.1) is 5.92 Å². The number of rotatable bonds is 2. The molecular formula is C13H21Cl2N3O. The summed E-state index contributed by atoms with van der Waals surface area (Å²) in [5.74, 6) is 0.633. The van der Waals surface area contributed by atoms with Crippen molar-refractivity contribution in [1.29, 1.82) is 0 Å². The van der Waals surface area contributed by atoms with Crippen LogP contribution in [0.1, 0.15) is 30.1 Å². The molecule has 1 unspecified atom stereocenters. The van der Waals surface area contributed by atoms with Crippen LogP contribution in [0.5, 0.6) is 0 Å². The summed E-state index contributed by atoms with van der Waals surface area (Å²) in [6.45, 7) is 3.66. The van der Waals surface area contributed by atoms with E-state index in [2.05, 4.69) is 4.98 Å². The van der Waals surface area contributed by atoms with E-state index < -0.39 is 0 Å². The van der Waals surface area contributed by atoms with Crippen molar-refractivity contribution in [3.05, 3.63) is 30.1 Å². The zero-order chi connectivity index (χ0) is 12.3. The summed E-state index contributed by atoms with van der Waals surface area (Å²) in [5, 5.41) is 0. The Kier molecular flexibility index (Phi) is 7.99. The SMILES string of the molecule is CC(N)C1CCN(C(=O)c2cccnc2)CC1.Cl.Cl. The van der Waals surface area contributed by atoms with Gasteiger partial charge in [0.2, 0.25) is 0 Å². The summed E-state index contributed by atoms with van der Waals surface area (Å²) in [4.78, 5) is 18.0. The molecule has 2 heterocycles. The molecule has 1 atom stereocenters. The van der Waals surface area contributed by atoms with Gasteiger partial charge in [0.1, 0.15) is 0 Å². The van der Waals surface area contributed by atoms with Gasteiger partial charge < -0.3 is 10.6 Å². The molecular weight excluding hydrogens is 285 g/mol. The standard InChI is InChI=1S/C13H19N3O.2ClH/c1-10(14)11-4-7-16(8-5-11)13(17)12-3-2-6-15-9-12;;/h2-3,6,9-11H,4-5,7-8,14H2,1H3;2*1H. The molecule has 4 nitrogen and oxygen atoms in total. The number of pyridine rings is 1. The third-order valence-electron chi connectivity index (χ3n) is 3.48. The maximum atomic E-state index is 12.1. The number of likely N-dealkylation sites (tertiary alicyclic amines) is 1. The molecule has 0 aromatic carbocycles. The van der Waals surface area contributed by atoms with Gasteiger partial charge in [-0.15, -0.1) is 24.8 Å². The molecule has 1 aromatic rings. The Hall–Kier alpha value is -0.840. The van der Waals surface area contributed by atoms with E-state index in [1.54, 1.807) is 18.5 Å². The predicted octanol–water partition coefficient (Wildman–Crippen LogP) is 2.12. The first-order valence-corrected chi connectivity index (χ1v) is 6.13. The third-order valence-corrected chi connectivity index (χ3v) is 3.48. The summed E-state index contributed by atoms with van der Waals surface area (Å²) in [7, 11) is 0. The molecule has 1 aliphatic rings. The Morgan fingerprint density at radius 2 is 2.05 bits per heavy atom. The molecule has 1 saturated heterocycles. The van der Waals surface area contributed by atoms with E-state index >= 15 is 0 Å². The molecule has 1 aliphatic heterocycles. The second kappa shape index (κ2) is 8.35. The molecule has 0 aliphatic carbocycles. The number of nitrogens with two attached hydrogens (primary N) is 1. The number of hydrogen-bond acceptors (Lipinski definition) is 3. The quantitative estimate of drug-likeness (QED) is 0.910. The van der Waals surface area contributed by atoms with E-state index in [0.29, 0.717) is 11.5 Å². The van der Waals surface area contributed by atoms with Crippen LogP contribution < -0.4 is 5.73 Å². The van der Waals surface area contributed by atoms with Crippen LogP contribution in [0.15, 0.2) is 24.5 Å². The van der Waals surface area contributed by atoms with Gasteiger partial charge in [-0.3, -0.25) is 9.78 Å². The number of hydrogen-bond donors (Lipinski definition) is 1. The van der Waals surface area contributed by atoms with Gasteiger partial charge in [0.05, 0.1) is 5.56 Å². The van der Waals surface area contributed by atoms with E-state index in [-0.39, 0.29) is 36.8 Å². The van der Waals surface area contributed by atoms with Gasteiger partial charge >= 0.3 is 0 Å². The number of aromatic nitrogens is 1. The number of nitrogens with zero attached hydrogens (tertiary/aromatic N) is 2. The van der Waals surface area contributed by atoms with Crippen molar-refractivity contribution < 1.29 is 4.79 Å². The first kappa shape index (κ1) is 18.2. The fraction of sp³-hybridized carbons (Fsp3) is 0.538. The molecule has 2 rings (SSSR count). The van der Waals surface area contributed by atoms with Gasteiger partial charge in [-0.25, -0.2) is 0 Å². The average Bonchev–Trinajstić information content (AvgIpc) is 2.39. The summed E-state index contributed by atoms with van der Waals surface area (Å²) < 4.78 is 0. The van der Waals surface area contributed by atoms with E-state index in [1.165, 1.54) is 0 Å². The van der Waals surface area contributed by atoms with Crippen LogP contribution in [-0.2, 0) is 0 Å². The molecule has 108 valence electrons. The van der Waals surface area contributed by atoms with Crippen molar-refractivity contribution in [2.75, 3.05) is 13.1 Å². The van der Waals surface area contributed by atoms with E-state index in [0.717, 1.165) is 25.9 Å². The van der Waals surface area contributed by atoms with Crippen molar-refractivity contribution in [2.45, 2.75) is 25.8 Å². The van der Waals surface area contributed by atoms with Gasteiger partial charge in [0.15, 0.2) is 0 Å². The first-order chi connectivity index (χ1) is 8.18. The van der Waals surface area contributed by atoms with Crippen LogP contribution >= 0.6 is 24.8 Å². The molecule has 0 bridgehead atoms. The lowest BCUT2D eigenvalue weighted by Crippen LogP contribution is -2.42. The third kappa shape index (κ3) is 4.64. The zero-order valence-electron chi connectivity index (χ0n) is 11.0. The fourth-order valence-electron chi connectivity index (χ4n) is 2.30. The maximum Gasteiger partial charge on any atom is 0.255 e. The van der Waals surface area contributed by atoms with E-state index in [1.807, 2.05) is 17.9 Å². The Balaban J connectivity index is 0.00000162. The molecule has 19 heavy (non-hydrogen) atoms. The Morgan fingerprint density at radius 3 is 2.53 bits per heavy atom. The van der Waals surface area contributed by atoms with Crippen molar-refractivity contribution in [2.24, 2.45) is 11.7 Å². The van der Waals surface area contributed by atoms with Crippen LogP contribution in [0.25, 0.3) is 0 Å². The number of halogens is 2. The molecule has 1 fully saturated rings. The van der Waals surface area contributed by atoms with E-state index in [4.69, 9.17) is 5.73 Å². The van der Waals surface area contributed by atoms with Crippen LogP contribution in [0.2, 0.25) is 0 Å². The lowest BCUT2D eigenvalue weighted by Gasteiger charge is -2.33. The van der Waals surface area contributed by atoms with Crippen molar-refractivity contribution in [3.8, 4) is 0 Å². The molecule has 6 heteroatoms. The minimum Gasteiger partial charge on any atom is -0.339 e. The van der Waals surface area contributed by atoms with Crippen molar-refractivity contribution in [1.82, 2.24) is 9.88 Å². The van der Waals surface area contributed by atoms with Crippen molar-refractivity contribution in [3.63, 3.8) is 0 Å². The molecule has 2 N–H and O–H groups in total. The van der Waals surface area contributed by atoms with Gasteiger partial charge in [-0.2, -0.15) is 0 Å². The number of carbonyl (C=O) groups excluding carboxylic acids is 1. The summed E-state index contributed by atoms with van der Waals surface area (Å²) in [6, 6.07) is 3.83. The number of amides is 1. The van der Waals surface area contributed by atoms with Crippen LogP contribution in [0.3, 0.4) is 0 Å². The minimum atomic E-state index is 0. The highest BCUT2D eigenvalue weighted by molar-refractivity contribution is 5.93. The Morgan fingerprint density at radius 1 is 1.42 bits per heavy atom. The Bertz CT molecular complexity index is 379. The summed E-state index contributed by atoms with van der Waals surface area (Å²) in [6.07, 6.45) is 5.31. The smallest absolute Gasteiger partial charge is 0.255 e. The summed E-state index contributed by atoms with van der Waals surface area (Å²) >= 11 is 0. The highest BCUT2D eigenvalue weighted by atomic mass is 35.5. The lowest BCUT2D eigenvalue weighted by molar-refractivity contribution is 0.0680.